The zero-order valence-electron chi connectivity index (χ0n) is 17.9. The molecule has 0 bridgehead atoms. The number of hydrogen-bond acceptors (Lipinski definition) is 7. The van der Waals surface area contributed by atoms with Crippen molar-refractivity contribution in [2.45, 2.75) is 51.5 Å². The fourth-order valence-electron chi connectivity index (χ4n) is 2.98. The van der Waals surface area contributed by atoms with Crippen molar-refractivity contribution in [2.24, 2.45) is 0 Å². The lowest BCUT2D eigenvalue weighted by molar-refractivity contribution is 0.0266. The Hall–Kier alpha value is -3.20. The molecule has 1 N–H and O–H groups in total. The fraction of sp³-hybridized carbons (Fsp3) is 0.318. The van der Waals surface area contributed by atoms with Gasteiger partial charge in [0.1, 0.15) is 0 Å². The maximum Gasteiger partial charge on any atom is 0.341 e. The summed E-state index contributed by atoms with van der Waals surface area (Å²) in [4.78, 5) is 17.1. The molecule has 0 saturated heterocycles. The van der Waals surface area contributed by atoms with Crippen LogP contribution >= 0.6 is 0 Å². The number of rotatable bonds is 8. The van der Waals surface area contributed by atoms with Crippen molar-refractivity contribution in [2.75, 3.05) is 4.72 Å². The van der Waals surface area contributed by atoms with Gasteiger partial charge in [0, 0.05) is 6.42 Å². The number of nitrogens with zero attached hydrogens (tertiary/aromatic N) is 2. The van der Waals surface area contributed by atoms with E-state index in [1.807, 2.05) is 19.9 Å². The Labute approximate surface area is 181 Å². The van der Waals surface area contributed by atoms with Crippen LogP contribution in [0.4, 0.5) is 5.69 Å². The molecular formula is C22H25N3O5S. The number of carbonyl (C=O) groups is 1. The summed E-state index contributed by atoms with van der Waals surface area (Å²) >= 11 is 0. The van der Waals surface area contributed by atoms with Crippen molar-refractivity contribution >= 4 is 21.7 Å². The summed E-state index contributed by atoms with van der Waals surface area (Å²) < 4.78 is 39.0. The third-order valence-corrected chi connectivity index (χ3v) is 6.12. The minimum atomic E-state index is -3.90. The molecule has 0 radical (unpaired) electrons. The number of nitrogens with one attached hydrogen (secondary N) is 1. The van der Waals surface area contributed by atoms with Crippen molar-refractivity contribution in [3.63, 3.8) is 0 Å². The Morgan fingerprint density at radius 2 is 1.94 bits per heavy atom. The van der Waals surface area contributed by atoms with Gasteiger partial charge >= 0.3 is 5.97 Å². The van der Waals surface area contributed by atoms with E-state index in [2.05, 4.69) is 14.9 Å². The van der Waals surface area contributed by atoms with Gasteiger partial charge in [-0.1, -0.05) is 36.3 Å². The summed E-state index contributed by atoms with van der Waals surface area (Å²) in [6.45, 7) is 7.14. The SMILES string of the molecule is CCCc1noc(C(C)OC(=O)c2ccccc2NS(=O)(=O)c2cc(C)ccc2C)n1. The number of para-hydroxylation sites is 1. The first-order valence-corrected chi connectivity index (χ1v) is 11.4. The molecule has 0 aliphatic carbocycles. The number of benzene rings is 2. The van der Waals surface area contributed by atoms with Crippen LogP contribution in [-0.4, -0.2) is 24.5 Å². The van der Waals surface area contributed by atoms with Gasteiger partial charge in [-0.2, -0.15) is 4.98 Å². The first kappa shape index (κ1) is 22.5. The Kier molecular flexibility index (Phi) is 6.74. The van der Waals surface area contributed by atoms with E-state index >= 15 is 0 Å². The topological polar surface area (TPSA) is 111 Å². The predicted molar refractivity (Wildman–Crippen MR) is 115 cm³/mol. The Bertz CT molecular complexity index is 1190. The molecule has 0 amide bonds. The van der Waals surface area contributed by atoms with Gasteiger partial charge < -0.3 is 9.26 Å². The van der Waals surface area contributed by atoms with Gasteiger partial charge in [0.2, 0.25) is 0 Å². The highest BCUT2D eigenvalue weighted by Crippen LogP contribution is 2.25. The molecule has 1 unspecified atom stereocenters. The van der Waals surface area contributed by atoms with Crippen LogP contribution in [0.15, 0.2) is 51.9 Å². The van der Waals surface area contributed by atoms with Crippen LogP contribution in [0.5, 0.6) is 0 Å². The first-order chi connectivity index (χ1) is 14.7. The van der Waals surface area contributed by atoms with Crippen LogP contribution in [0.25, 0.3) is 0 Å². The summed E-state index contributed by atoms with van der Waals surface area (Å²) in [5.74, 6) is 0.0225. The second-order valence-corrected chi connectivity index (χ2v) is 8.92. The van der Waals surface area contributed by atoms with E-state index in [0.717, 1.165) is 12.0 Å². The largest absolute Gasteiger partial charge is 0.449 e. The van der Waals surface area contributed by atoms with Crippen molar-refractivity contribution in [1.82, 2.24) is 10.1 Å². The molecule has 8 nitrogen and oxygen atoms in total. The predicted octanol–water partition coefficient (Wildman–Crippen LogP) is 4.36. The van der Waals surface area contributed by atoms with E-state index in [-0.39, 0.29) is 22.0 Å². The van der Waals surface area contributed by atoms with Gasteiger partial charge in [0.25, 0.3) is 15.9 Å². The molecule has 2 aromatic carbocycles. The molecule has 1 atom stereocenters. The van der Waals surface area contributed by atoms with Gasteiger partial charge in [-0.3, -0.25) is 4.72 Å². The lowest BCUT2D eigenvalue weighted by atomic mass is 10.2. The summed E-state index contributed by atoms with van der Waals surface area (Å²) in [7, 11) is -3.90. The standard InChI is InChI=1S/C22H25N3O5S/c1-5-8-20-23-21(30-24-20)16(4)29-22(26)17-9-6-7-10-18(17)25-31(27,28)19-13-14(2)11-12-15(19)3/h6-7,9-13,16,25H,5,8H2,1-4H3. The smallest absolute Gasteiger partial charge is 0.341 e. The van der Waals surface area contributed by atoms with E-state index in [0.29, 0.717) is 17.8 Å². The van der Waals surface area contributed by atoms with Crippen molar-refractivity contribution < 1.29 is 22.5 Å². The van der Waals surface area contributed by atoms with Gasteiger partial charge in [0.15, 0.2) is 11.9 Å². The Morgan fingerprint density at radius 1 is 1.19 bits per heavy atom. The van der Waals surface area contributed by atoms with Crippen LogP contribution < -0.4 is 4.72 Å². The van der Waals surface area contributed by atoms with Crippen LogP contribution in [0.3, 0.4) is 0 Å². The highest BCUT2D eigenvalue weighted by atomic mass is 32.2. The van der Waals surface area contributed by atoms with Crippen LogP contribution in [0.1, 0.15) is 59.6 Å². The summed E-state index contributed by atoms with van der Waals surface area (Å²) in [5.41, 5.74) is 1.62. The first-order valence-electron chi connectivity index (χ1n) is 9.94. The number of hydrogen-bond donors (Lipinski definition) is 1. The highest BCUT2D eigenvalue weighted by Gasteiger charge is 2.24. The van der Waals surface area contributed by atoms with Crippen molar-refractivity contribution in [3.05, 3.63) is 70.9 Å². The molecule has 31 heavy (non-hydrogen) atoms. The van der Waals surface area contributed by atoms with Gasteiger partial charge in [-0.05, 0) is 56.5 Å². The maximum atomic E-state index is 13.0. The molecule has 0 saturated carbocycles. The number of aromatic nitrogens is 2. The van der Waals surface area contributed by atoms with E-state index in [1.54, 1.807) is 38.1 Å². The van der Waals surface area contributed by atoms with E-state index < -0.39 is 22.1 Å². The van der Waals surface area contributed by atoms with Crippen LogP contribution in [0.2, 0.25) is 0 Å². The number of anilines is 1. The average molecular weight is 444 g/mol. The highest BCUT2D eigenvalue weighted by molar-refractivity contribution is 7.92. The number of esters is 1. The molecular weight excluding hydrogens is 418 g/mol. The molecule has 9 heteroatoms. The summed E-state index contributed by atoms with van der Waals surface area (Å²) in [6.07, 6.45) is 0.739. The number of carbonyl (C=O) groups excluding carboxylic acids is 1. The summed E-state index contributed by atoms with van der Waals surface area (Å²) in [6, 6.07) is 11.4. The van der Waals surface area contributed by atoms with Gasteiger partial charge in [-0.15, -0.1) is 0 Å². The maximum absolute atomic E-state index is 13.0. The summed E-state index contributed by atoms with van der Waals surface area (Å²) in [5, 5.41) is 3.85. The number of aryl methyl sites for hydroxylation is 3. The molecule has 0 aliphatic rings. The fourth-order valence-corrected chi connectivity index (χ4v) is 4.39. The molecule has 0 fully saturated rings. The quantitative estimate of drug-likeness (QED) is 0.515. The molecule has 3 aromatic rings. The van der Waals surface area contributed by atoms with Crippen LogP contribution in [0, 0.1) is 13.8 Å². The van der Waals surface area contributed by atoms with E-state index in [1.165, 1.54) is 12.1 Å². The van der Waals surface area contributed by atoms with Gasteiger partial charge in [0.05, 0.1) is 16.1 Å². The van der Waals surface area contributed by atoms with Crippen LogP contribution in [-0.2, 0) is 21.2 Å². The third kappa shape index (κ3) is 5.29. The van der Waals surface area contributed by atoms with E-state index in [9.17, 15) is 13.2 Å². The Balaban J connectivity index is 1.82. The molecule has 1 heterocycles. The lowest BCUT2D eigenvalue weighted by Gasteiger charge is -2.15. The van der Waals surface area contributed by atoms with Gasteiger partial charge in [-0.25, -0.2) is 13.2 Å². The molecule has 0 spiro atoms. The second-order valence-electron chi connectivity index (χ2n) is 7.27. The number of sulfonamides is 1. The van der Waals surface area contributed by atoms with Crippen molar-refractivity contribution in [3.8, 4) is 0 Å². The molecule has 3 rings (SSSR count). The molecule has 0 aliphatic heterocycles. The monoisotopic (exact) mass is 443 g/mol. The normalized spacial score (nSPS) is 12.4. The third-order valence-electron chi connectivity index (χ3n) is 4.61. The van der Waals surface area contributed by atoms with Crippen molar-refractivity contribution in [1.29, 1.82) is 0 Å². The average Bonchev–Trinajstić information content (AvgIpc) is 3.19. The zero-order valence-corrected chi connectivity index (χ0v) is 18.7. The van der Waals surface area contributed by atoms with E-state index in [4.69, 9.17) is 9.26 Å². The second kappa shape index (κ2) is 9.30. The molecule has 164 valence electrons. The minimum absolute atomic E-state index is 0.0801. The molecule has 1 aromatic heterocycles. The minimum Gasteiger partial charge on any atom is -0.449 e. The zero-order chi connectivity index (χ0) is 22.6. The Morgan fingerprint density at radius 3 is 2.68 bits per heavy atom. The lowest BCUT2D eigenvalue weighted by Crippen LogP contribution is -2.18. The number of ether oxygens (including phenoxy) is 1.